The van der Waals surface area contributed by atoms with Gasteiger partial charge in [0.1, 0.15) is 0 Å². The molecule has 1 N–H and O–H groups in total. The number of carbonyl (C=O) groups is 1. The van der Waals surface area contributed by atoms with E-state index in [-0.39, 0.29) is 5.91 Å². The summed E-state index contributed by atoms with van der Waals surface area (Å²) in [6, 6.07) is 19.6. The smallest absolute Gasteiger partial charge is 0.256 e. The summed E-state index contributed by atoms with van der Waals surface area (Å²) in [6.07, 6.45) is 0. The number of para-hydroxylation sites is 1. The third kappa shape index (κ3) is 4.33. The molecule has 2 aromatic carbocycles. The van der Waals surface area contributed by atoms with E-state index >= 15 is 0 Å². The molecule has 5 aromatic rings. The molecule has 0 radical (unpaired) electrons. The number of rotatable bonds is 5. The Balaban J connectivity index is 1.50. The topological polar surface area (TPSA) is 77.6 Å². The molecular weight excluding hydrogens is 436 g/mol. The number of hydrogen-bond donors (Lipinski definition) is 1. The molecule has 1 amide bonds. The van der Waals surface area contributed by atoms with Gasteiger partial charge >= 0.3 is 0 Å². The van der Waals surface area contributed by atoms with Gasteiger partial charge in [0.05, 0.1) is 34.7 Å². The SMILES string of the molecule is Cc1cc(C)n(Cc2cccc(NC(=O)c3cc(-c4c(C)nn(C)c4C)nc4ccccc34)c2)n1. The van der Waals surface area contributed by atoms with E-state index in [0.717, 1.165) is 56.2 Å². The van der Waals surface area contributed by atoms with Crippen molar-refractivity contribution < 1.29 is 4.79 Å². The Morgan fingerprint density at radius 2 is 1.74 bits per heavy atom. The van der Waals surface area contributed by atoms with Gasteiger partial charge in [0.2, 0.25) is 0 Å². The minimum atomic E-state index is -0.174. The van der Waals surface area contributed by atoms with E-state index in [1.54, 1.807) is 0 Å². The molecule has 0 aliphatic heterocycles. The molecule has 0 atom stereocenters. The van der Waals surface area contributed by atoms with Gasteiger partial charge in [0.15, 0.2) is 0 Å². The van der Waals surface area contributed by atoms with Crippen LogP contribution >= 0.6 is 0 Å². The van der Waals surface area contributed by atoms with Gasteiger partial charge in [0, 0.05) is 35.1 Å². The Bertz CT molecular complexity index is 1580. The van der Waals surface area contributed by atoms with Crippen molar-refractivity contribution in [3.63, 3.8) is 0 Å². The van der Waals surface area contributed by atoms with E-state index in [2.05, 4.69) is 21.6 Å². The van der Waals surface area contributed by atoms with Crippen molar-refractivity contribution in [2.24, 2.45) is 7.05 Å². The lowest BCUT2D eigenvalue weighted by Crippen LogP contribution is -2.13. The van der Waals surface area contributed by atoms with Crippen LogP contribution in [0.5, 0.6) is 0 Å². The third-order valence-electron chi connectivity index (χ3n) is 6.35. The first-order valence-electron chi connectivity index (χ1n) is 11.6. The van der Waals surface area contributed by atoms with E-state index in [1.165, 1.54) is 0 Å². The first kappa shape index (κ1) is 22.5. The lowest BCUT2D eigenvalue weighted by atomic mass is 10.0. The molecular formula is C28H28N6O. The molecule has 3 aromatic heterocycles. The molecule has 0 fully saturated rings. The zero-order valence-electron chi connectivity index (χ0n) is 20.6. The monoisotopic (exact) mass is 464 g/mol. The van der Waals surface area contributed by atoms with Crippen molar-refractivity contribution >= 4 is 22.5 Å². The van der Waals surface area contributed by atoms with Gasteiger partial charge in [-0.15, -0.1) is 0 Å². The van der Waals surface area contributed by atoms with Gasteiger partial charge in [-0.2, -0.15) is 10.2 Å². The lowest BCUT2D eigenvalue weighted by Gasteiger charge is -2.12. The second-order valence-electron chi connectivity index (χ2n) is 8.98. The average molecular weight is 465 g/mol. The van der Waals surface area contributed by atoms with Crippen LogP contribution in [0.25, 0.3) is 22.2 Å². The quantitative estimate of drug-likeness (QED) is 0.380. The summed E-state index contributed by atoms with van der Waals surface area (Å²) in [5, 5.41) is 13.0. The Hall–Kier alpha value is -4.26. The van der Waals surface area contributed by atoms with Gasteiger partial charge in [-0.3, -0.25) is 14.2 Å². The molecule has 7 heteroatoms. The highest BCUT2D eigenvalue weighted by Crippen LogP contribution is 2.29. The van der Waals surface area contributed by atoms with Gasteiger partial charge in [-0.1, -0.05) is 30.3 Å². The van der Waals surface area contributed by atoms with Gasteiger partial charge in [-0.25, -0.2) is 4.98 Å². The number of anilines is 1. The van der Waals surface area contributed by atoms with Crippen molar-refractivity contribution in [3.05, 3.63) is 94.6 Å². The number of carbonyl (C=O) groups excluding carboxylic acids is 1. The van der Waals surface area contributed by atoms with Crippen LogP contribution in [0.1, 0.15) is 38.7 Å². The maximum absolute atomic E-state index is 13.5. The van der Waals surface area contributed by atoms with Crippen LogP contribution in [0, 0.1) is 27.7 Å². The van der Waals surface area contributed by atoms with Crippen LogP contribution < -0.4 is 5.32 Å². The second kappa shape index (κ2) is 8.83. The highest BCUT2D eigenvalue weighted by Gasteiger charge is 2.18. The molecule has 0 saturated carbocycles. The molecule has 176 valence electrons. The Kier molecular flexibility index (Phi) is 5.68. The minimum Gasteiger partial charge on any atom is -0.322 e. The summed E-state index contributed by atoms with van der Waals surface area (Å²) < 4.78 is 3.81. The zero-order chi connectivity index (χ0) is 24.7. The van der Waals surface area contributed by atoms with Gasteiger partial charge in [0.25, 0.3) is 5.91 Å². The van der Waals surface area contributed by atoms with Gasteiger partial charge in [-0.05, 0) is 63.6 Å². The maximum atomic E-state index is 13.5. The van der Waals surface area contributed by atoms with Crippen LogP contribution in [0.4, 0.5) is 5.69 Å². The molecule has 7 nitrogen and oxygen atoms in total. The molecule has 3 heterocycles. The van der Waals surface area contributed by atoms with E-state index in [4.69, 9.17) is 4.98 Å². The number of hydrogen-bond acceptors (Lipinski definition) is 4. The number of amides is 1. The molecule has 0 unspecified atom stereocenters. The Labute approximate surface area is 204 Å². The number of benzene rings is 2. The molecule has 0 aliphatic rings. The summed E-state index contributed by atoms with van der Waals surface area (Å²) in [5.41, 5.74) is 8.86. The highest BCUT2D eigenvalue weighted by atomic mass is 16.1. The van der Waals surface area contributed by atoms with Crippen LogP contribution in [0.2, 0.25) is 0 Å². The fourth-order valence-electron chi connectivity index (χ4n) is 4.59. The fourth-order valence-corrected chi connectivity index (χ4v) is 4.59. The Morgan fingerprint density at radius 1 is 0.943 bits per heavy atom. The molecule has 5 rings (SSSR count). The first-order chi connectivity index (χ1) is 16.8. The predicted molar refractivity (Wildman–Crippen MR) is 139 cm³/mol. The highest BCUT2D eigenvalue weighted by molar-refractivity contribution is 6.13. The van der Waals surface area contributed by atoms with E-state index in [9.17, 15) is 4.79 Å². The van der Waals surface area contributed by atoms with Crippen LogP contribution in [0.15, 0.2) is 60.7 Å². The summed E-state index contributed by atoms with van der Waals surface area (Å²) in [6.45, 7) is 8.66. The van der Waals surface area contributed by atoms with Crippen LogP contribution in [-0.2, 0) is 13.6 Å². The number of nitrogens with one attached hydrogen (secondary N) is 1. The molecule has 35 heavy (non-hydrogen) atoms. The number of fused-ring (bicyclic) bond motifs is 1. The normalized spacial score (nSPS) is 11.2. The predicted octanol–water partition coefficient (Wildman–Crippen LogP) is 5.37. The summed E-state index contributed by atoms with van der Waals surface area (Å²) >= 11 is 0. The molecule has 0 bridgehead atoms. The number of aryl methyl sites for hydroxylation is 4. The molecule has 0 spiro atoms. The van der Waals surface area contributed by atoms with Crippen molar-refractivity contribution in [2.45, 2.75) is 34.2 Å². The van der Waals surface area contributed by atoms with Crippen molar-refractivity contribution in [1.29, 1.82) is 0 Å². The lowest BCUT2D eigenvalue weighted by molar-refractivity contribution is 0.102. The van der Waals surface area contributed by atoms with Crippen LogP contribution in [0.3, 0.4) is 0 Å². The molecule has 0 aliphatic carbocycles. The van der Waals surface area contributed by atoms with E-state index < -0.39 is 0 Å². The zero-order valence-corrected chi connectivity index (χ0v) is 20.6. The van der Waals surface area contributed by atoms with Gasteiger partial charge < -0.3 is 5.32 Å². The first-order valence-corrected chi connectivity index (χ1v) is 11.6. The number of aromatic nitrogens is 5. The Morgan fingerprint density at radius 3 is 2.46 bits per heavy atom. The number of pyridine rings is 1. The number of nitrogens with zero attached hydrogens (tertiary/aromatic N) is 5. The minimum absolute atomic E-state index is 0.174. The largest absolute Gasteiger partial charge is 0.322 e. The standard InChI is InChI=1S/C28H28N6O/c1-17-13-18(2)34(31-17)16-21-9-8-10-22(14-21)29-28(35)24-15-26(27-19(3)32-33(5)20(27)4)30-25-12-7-6-11-23(24)25/h6-15H,16H2,1-5H3,(H,29,35). The van der Waals surface area contributed by atoms with Crippen molar-refractivity contribution in [3.8, 4) is 11.3 Å². The van der Waals surface area contributed by atoms with Crippen molar-refractivity contribution in [2.75, 3.05) is 5.32 Å². The summed E-state index contributed by atoms with van der Waals surface area (Å²) in [7, 11) is 1.92. The van der Waals surface area contributed by atoms with Crippen molar-refractivity contribution in [1.82, 2.24) is 24.5 Å². The van der Waals surface area contributed by atoms with E-state index in [1.807, 2.05) is 98.7 Å². The average Bonchev–Trinajstić information content (AvgIpc) is 3.28. The maximum Gasteiger partial charge on any atom is 0.256 e. The van der Waals surface area contributed by atoms with E-state index in [0.29, 0.717) is 12.1 Å². The summed E-state index contributed by atoms with van der Waals surface area (Å²) in [4.78, 5) is 18.4. The third-order valence-corrected chi connectivity index (χ3v) is 6.35. The van der Waals surface area contributed by atoms with Crippen LogP contribution in [-0.4, -0.2) is 30.5 Å². The second-order valence-corrected chi connectivity index (χ2v) is 8.98. The summed E-state index contributed by atoms with van der Waals surface area (Å²) in [5.74, 6) is -0.174. The molecule has 0 saturated heterocycles. The fraction of sp³-hybridized carbons (Fsp3) is 0.214.